The summed E-state index contributed by atoms with van der Waals surface area (Å²) >= 11 is 0. The molecule has 72 valence electrons. The van der Waals surface area contributed by atoms with Crippen LogP contribution in [0.3, 0.4) is 0 Å². The normalized spacial score (nSPS) is 10.5. The lowest BCUT2D eigenvalue weighted by Gasteiger charge is -2.15. The van der Waals surface area contributed by atoms with E-state index in [4.69, 9.17) is 5.73 Å². The van der Waals surface area contributed by atoms with Gasteiger partial charge in [-0.3, -0.25) is 0 Å². The number of nitrogens with zero attached hydrogens (tertiary/aromatic N) is 3. The molecule has 0 atom stereocenters. The number of nitrogen functional groups attached to an aromatic ring is 1. The van der Waals surface area contributed by atoms with E-state index >= 15 is 0 Å². The van der Waals surface area contributed by atoms with Gasteiger partial charge in [-0.15, -0.1) is 0 Å². The molecule has 0 aliphatic heterocycles. The third-order valence-corrected chi connectivity index (χ3v) is 1.42. The van der Waals surface area contributed by atoms with Crippen molar-refractivity contribution in [2.24, 2.45) is 0 Å². The van der Waals surface area contributed by atoms with Crippen molar-refractivity contribution in [1.29, 1.82) is 0 Å². The SMILES string of the molecule is CN(CC(F)F)c1nccc(N)n1. The van der Waals surface area contributed by atoms with Crippen molar-refractivity contribution in [3.63, 3.8) is 0 Å². The number of halogens is 2. The van der Waals surface area contributed by atoms with Crippen molar-refractivity contribution in [2.45, 2.75) is 6.43 Å². The Morgan fingerprint density at radius 2 is 2.31 bits per heavy atom. The number of rotatable bonds is 3. The fourth-order valence-corrected chi connectivity index (χ4v) is 0.834. The van der Waals surface area contributed by atoms with Crippen LogP contribution in [-0.4, -0.2) is 30.0 Å². The smallest absolute Gasteiger partial charge is 0.255 e. The molecule has 0 unspecified atom stereocenters. The number of hydrogen-bond donors (Lipinski definition) is 1. The summed E-state index contributed by atoms with van der Waals surface area (Å²) in [6.07, 6.45) is -0.977. The van der Waals surface area contributed by atoms with Gasteiger partial charge in [-0.2, -0.15) is 4.98 Å². The van der Waals surface area contributed by atoms with Crippen LogP contribution in [0.2, 0.25) is 0 Å². The molecule has 1 rings (SSSR count). The van der Waals surface area contributed by atoms with E-state index in [2.05, 4.69) is 9.97 Å². The number of hydrogen-bond acceptors (Lipinski definition) is 4. The Hall–Kier alpha value is -1.46. The fourth-order valence-electron chi connectivity index (χ4n) is 0.834. The summed E-state index contributed by atoms with van der Waals surface area (Å²) in [6.45, 7) is -0.399. The molecule has 0 aliphatic rings. The van der Waals surface area contributed by atoms with Gasteiger partial charge >= 0.3 is 0 Å². The number of alkyl halides is 2. The Kier molecular flexibility index (Phi) is 2.94. The molecule has 2 N–H and O–H groups in total. The first-order valence-electron chi connectivity index (χ1n) is 3.67. The van der Waals surface area contributed by atoms with E-state index in [0.29, 0.717) is 0 Å². The average molecular weight is 188 g/mol. The molecule has 1 heterocycles. The van der Waals surface area contributed by atoms with E-state index in [1.807, 2.05) is 0 Å². The lowest BCUT2D eigenvalue weighted by molar-refractivity contribution is 0.156. The van der Waals surface area contributed by atoms with E-state index in [9.17, 15) is 8.78 Å². The number of aromatic nitrogens is 2. The van der Waals surface area contributed by atoms with Gasteiger partial charge in [-0.25, -0.2) is 13.8 Å². The Balaban J connectivity index is 2.71. The highest BCUT2D eigenvalue weighted by Gasteiger charge is 2.10. The molecule has 0 saturated carbocycles. The molecule has 0 spiro atoms. The maximum Gasteiger partial charge on any atom is 0.255 e. The van der Waals surface area contributed by atoms with Crippen molar-refractivity contribution in [2.75, 3.05) is 24.2 Å². The minimum Gasteiger partial charge on any atom is -0.384 e. The summed E-state index contributed by atoms with van der Waals surface area (Å²) < 4.78 is 23.9. The van der Waals surface area contributed by atoms with Gasteiger partial charge in [0.05, 0.1) is 6.54 Å². The minimum atomic E-state index is -2.41. The quantitative estimate of drug-likeness (QED) is 0.760. The zero-order valence-corrected chi connectivity index (χ0v) is 7.11. The molecule has 0 aromatic carbocycles. The van der Waals surface area contributed by atoms with Crippen molar-refractivity contribution < 1.29 is 8.78 Å². The second-order valence-electron chi connectivity index (χ2n) is 2.55. The molecule has 0 bridgehead atoms. The molecule has 6 heteroatoms. The van der Waals surface area contributed by atoms with Crippen LogP contribution in [0.4, 0.5) is 20.5 Å². The summed E-state index contributed by atoms with van der Waals surface area (Å²) in [6, 6.07) is 1.50. The molecule has 0 fully saturated rings. The summed E-state index contributed by atoms with van der Waals surface area (Å²) in [7, 11) is 1.49. The van der Waals surface area contributed by atoms with Gasteiger partial charge in [0.2, 0.25) is 5.95 Å². The lowest BCUT2D eigenvalue weighted by atomic mass is 10.5. The fraction of sp³-hybridized carbons (Fsp3) is 0.429. The molecule has 1 aromatic rings. The highest BCUT2D eigenvalue weighted by Crippen LogP contribution is 2.07. The largest absolute Gasteiger partial charge is 0.384 e. The van der Waals surface area contributed by atoms with E-state index in [0.717, 1.165) is 0 Å². The van der Waals surface area contributed by atoms with Crippen molar-refractivity contribution >= 4 is 11.8 Å². The molecule has 0 radical (unpaired) electrons. The first-order valence-corrected chi connectivity index (χ1v) is 3.67. The van der Waals surface area contributed by atoms with Crippen LogP contribution in [0.5, 0.6) is 0 Å². The molecule has 0 aliphatic carbocycles. The topological polar surface area (TPSA) is 55.0 Å². The highest BCUT2D eigenvalue weighted by molar-refractivity contribution is 5.36. The molecule has 13 heavy (non-hydrogen) atoms. The van der Waals surface area contributed by atoms with Crippen LogP contribution in [0.15, 0.2) is 12.3 Å². The van der Waals surface area contributed by atoms with Gasteiger partial charge in [-0.1, -0.05) is 0 Å². The van der Waals surface area contributed by atoms with Crippen molar-refractivity contribution in [3.8, 4) is 0 Å². The molecule has 1 aromatic heterocycles. The summed E-state index contributed by atoms with van der Waals surface area (Å²) in [5.41, 5.74) is 5.36. The highest BCUT2D eigenvalue weighted by atomic mass is 19.3. The molecule has 4 nitrogen and oxygen atoms in total. The van der Waals surface area contributed by atoms with Crippen LogP contribution in [0, 0.1) is 0 Å². The maximum atomic E-state index is 11.9. The predicted molar refractivity (Wildman–Crippen MR) is 45.7 cm³/mol. The maximum absolute atomic E-state index is 11.9. The summed E-state index contributed by atoms with van der Waals surface area (Å²) in [4.78, 5) is 8.83. The van der Waals surface area contributed by atoms with Gasteiger partial charge in [0.1, 0.15) is 5.82 Å². The summed E-state index contributed by atoms with van der Waals surface area (Å²) in [5.74, 6) is 0.478. The van der Waals surface area contributed by atoms with E-state index in [-0.39, 0.29) is 11.8 Å². The van der Waals surface area contributed by atoms with Crippen LogP contribution < -0.4 is 10.6 Å². The van der Waals surface area contributed by atoms with Gasteiger partial charge < -0.3 is 10.6 Å². The number of anilines is 2. The zero-order chi connectivity index (χ0) is 9.84. The first-order chi connectivity index (χ1) is 6.09. The monoisotopic (exact) mass is 188 g/mol. The Bertz CT molecular complexity index is 279. The Labute approximate surface area is 74.4 Å². The molecular formula is C7H10F2N4. The third kappa shape index (κ3) is 2.81. The Morgan fingerprint density at radius 3 is 2.85 bits per heavy atom. The van der Waals surface area contributed by atoms with E-state index in [1.54, 1.807) is 0 Å². The number of nitrogens with two attached hydrogens (primary N) is 1. The van der Waals surface area contributed by atoms with Crippen LogP contribution in [0.1, 0.15) is 0 Å². The van der Waals surface area contributed by atoms with Gasteiger partial charge in [0.15, 0.2) is 0 Å². The molecular weight excluding hydrogens is 178 g/mol. The zero-order valence-electron chi connectivity index (χ0n) is 7.11. The van der Waals surface area contributed by atoms with Gasteiger partial charge in [-0.05, 0) is 6.07 Å². The van der Waals surface area contributed by atoms with Crippen LogP contribution >= 0.6 is 0 Å². The predicted octanol–water partition coefficient (Wildman–Crippen LogP) is 0.760. The van der Waals surface area contributed by atoms with E-state index < -0.39 is 13.0 Å². The van der Waals surface area contributed by atoms with E-state index in [1.165, 1.54) is 24.2 Å². The van der Waals surface area contributed by atoms with Crippen molar-refractivity contribution in [3.05, 3.63) is 12.3 Å². The lowest BCUT2D eigenvalue weighted by Crippen LogP contribution is -2.26. The third-order valence-electron chi connectivity index (χ3n) is 1.42. The van der Waals surface area contributed by atoms with Crippen LogP contribution in [-0.2, 0) is 0 Å². The average Bonchev–Trinajstić information content (AvgIpc) is 2.03. The first kappa shape index (κ1) is 9.63. The molecule has 0 amide bonds. The van der Waals surface area contributed by atoms with Gasteiger partial charge in [0, 0.05) is 13.2 Å². The minimum absolute atomic E-state index is 0.209. The van der Waals surface area contributed by atoms with Crippen molar-refractivity contribution in [1.82, 2.24) is 9.97 Å². The van der Waals surface area contributed by atoms with Crippen LogP contribution in [0.25, 0.3) is 0 Å². The standard InChI is InChI=1S/C7H10F2N4/c1-13(4-5(8)9)7-11-3-2-6(10)12-7/h2-3,5H,4H2,1H3,(H2,10,11,12). The molecule has 0 saturated heterocycles. The summed E-state index contributed by atoms with van der Waals surface area (Å²) in [5, 5.41) is 0. The van der Waals surface area contributed by atoms with Gasteiger partial charge in [0.25, 0.3) is 6.43 Å². The second-order valence-corrected chi connectivity index (χ2v) is 2.55. The Morgan fingerprint density at radius 1 is 1.62 bits per heavy atom. The second kappa shape index (κ2) is 3.97.